The van der Waals surface area contributed by atoms with Crippen LogP contribution >= 0.6 is 22.6 Å². The van der Waals surface area contributed by atoms with Gasteiger partial charge < -0.3 is 0 Å². The molecule has 13 heavy (non-hydrogen) atoms. The van der Waals surface area contributed by atoms with Crippen LogP contribution in [0.15, 0.2) is 29.2 Å². The van der Waals surface area contributed by atoms with E-state index in [9.17, 15) is 12.8 Å². The molecule has 72 valence electrons. The van der Waals surface area contributed by atoms with Crippen LogP contribution in [0, 0.1) is 5.82 Å². The summed E-state index contributed by atoms with van der Waals surface area (Å²) in [6, 6.07) is 4.84. The van der Waals surface area contributed by atoms with Crippen LogP contribution in [0.3, 0.4) is 0 Å². The Hall–Kier alpha value is -0.170. The van der Waals surface area contributed by atoms with Gasteiger partial charge in [0.1, 0.15) is 9.07 Å². The Bertz CT molecular complexity index is 383. The second-order valence-corrected chi connectivity index (χ2v) is 7.52. The normalized spacial score (nSPS) is 14.1. The number of hydrogen-bond acceptors (Lipinski definition) is 2. The van der Waals surface area contributed by atoms with Gasteiger partial charge in [0, 0.05) is 0 Å². The fourth-order valence-electron chi connectivity index (χ4n) is 0.812. The molecule has 1 rings (SSSR count). The zero-order valence-corrected chi connectivity index (χ0v) is 9.84. The highest BCUT2D eigenvalue weighted by Gasteiger charge is 2.19. The summed E-state index contributed by atoms with van der Waals surface area (Å²) in [5, 5.41) is 0. The van der Waals surface area contributed by atoms with Crippen molar-refractivity contribution in [3.63, 3.8) is 0 Å². The van der Waals surface area contributed by atoms with E-state index in [2.05, 4.69) is 0 Å². The molecule has 1 aromatic carbocycles. The van der Waals surface area contributed by atoms with Gasteiger partial charge in [-0.1, -0.05) is 22.6 Å². The average molecular weight is 314 g/mol. The molecule has 0 aliphatic heterocycles. The first-order valence-corrected chi connectivity index (χ1v) is 6.37. The number of alkyl halides is 1. The molecule has 0 fully saturated rings. The highest BCUT2D eigenvalue weighted by atomic mass is 127. The van der Waals surface area contributed by atoms with Crippen LogP contribution in [-0.2, 0) is 9.84 Å². The van der Waals surface area contributed by atoms with Crippen molar-refractivity contribution in [2.24, 2.45) is 0 Å². The topological polar surface area (TPSA) is 34.1 Å². The lowest BCUT2D eigenvalue weighted by Gasteiger charge is -2.05. The Morgan fingerprint density at radius 2 is 1.77 bits per heavy atom. The van der Waals surface area contributed by atoms with Gasteiger partial charge in [-0.25, -0.2) is 12.8 Å². The molecule has 0 N–H and O–H groups in total. The number of rotatable bonds is 2. The Morgan fingerprint density at radius 1 is 1.31 bits per heavy atom. The molecule has 0 aliphatic rings. The number of hydrogen-bond donors (Lipinski definition) is 0. The quantitative estimate of drug-likeness (QED) is 0.477. The third-order valence-electron chi connectivity index (χ3n) is 1.57. The third-order valence-corrected chi connectivity index (χ3v) is 5.36. The molecule has 0 bridgehead atoms. The van der Waals surface area contributed by atoms with Gasteiger partial charge in [0.25, 0.3) is 0 Å². The molecule has 0 aliphatic carbocycles. The summed E-state index contributed by atoms with van der Waals surface area (Å²) < 4.78 is 35.0. The maximum Gasteiger partial charge on any atom is 0.190 e. The van der Waals surface area contributed by atoms with E-state index in [0.29, 0.717) is 0 Å². The fourth-order valence-corrected chi connectivity index (χ4v) is 2.58. The van der Waals surface area contributed by atoms with Gasteiger partial charge in [0.2, 0.25) is 0 Å². The van der Waals surface area contributed by atoms with Crippen molar-refractivity contribution in [2.45, 2.75) is 15.1 Å². The van der Waals surface area contributed by atoms with Crippen LogP contribution < -0.4 is 0 Å². The largest absolute Gasteiger partial charge is 0.223 e. The molecule has 0 saturated heterocycles. The molecule has 2 nitrogen and oxygen atoms in total. The van der Waals surface area contributed by atoms with Crippen molar-refractivity contribution in [1.82, 2.24) is 0 Å². The van der Waals surface area contributed by atoms with Gasteiger partial charge in [-0.3, -0.25) is 0 Å². The Morgan fingerprint density at radius 3 is 2.15 bits per heavy atom. The zero-order chi connectivity index (χ0) is 10.1. The first kappa shape index (κ1) is 10.9. The molecule has 1 aromatic rings. The van der Waals surface area contributed by atoms with E-state index >= 15 is 0 Å². The van der Waals surface area contributed by atoms with Gasteiger partial charge in [-0.05, 0) is 31.2 Å². The lowest BCUT2D eigenvalue weighted by Crippen LogP contribution is -2.10. The zero-order valence-electron chi connectivity index (χ0n) is 6.87. The van der Waals surface area contributed by atoms with Crippen molar-refractivity contribution < 1.29 is 12.8 Å². The SMILES string of the molecule is CC(I)S(=O)(=O)c1ccc(F)cc1. The Labute approximate surface area is 90.2 Å². The minimum Gasteiger partial charge on any atom is -0.223 e. The smallest absolute Gasteiger partial charge is 0.190 e. The van der Waals surface area contributed by atoms with Crippen LogP contribution in [0.5, 0.6) is 0 Å². The molecule has 0 radical (unpaired) electrons. The van der Waals surface area contributed by atoms with Crippen molar-refractivity contribution in [3.05, 3.63) is 30.1 Å². The van der Waals surface area contributed by atoms with E-state index < -0.39 is 18.9 Å². The predicted molar refractivity (Wildman–Crippen MR) is 57.1 cm³/mol. The van der Waals surface area contributed by atoms with E-state index in [1.807, 2.05) is 22.6 Å². The first-order chi connectivity index (χ1) is 5.94. The number of halogens is 2. The first-order valence-electron chi connectivity index (χ1n) is 3.58. The third kappa shape index (κ3) is 2.40. The molecule has 0 spiro atoms. The minimum atomic E-state index is -3.27. The minimum absolute atomic E-state index is 0.163. The van der Waals surface area contributed by atoms with E-state index in [0.717, 1.165) is 12.1 Å². The van der Waals surface area contributed by atoms with E-state index in [1.165, 1.54) is 12.1 Å². The Kier molecular flexibility index (Phi) is 3.28. The maximum atomic E-state index is 12.5. The fraction of sp³-hybridized carbons (Fsp3) is 0.250. The lowest BCUT2D eigenvalue weighted by atomic mass is 10.4. The summed E-state index contributed by atoms with van der Waals surface area (Å²) in [4.78, 5) is 0.163. The van der Waals surface area contributed by atoms with Crippen LogP contribution in [-0.4, -0.2) is 11.7 Å². The van der Waals surface area contributed by atoms with Gasteiger partial charge in [-0.2, -0.15) is 0 Å². The summed E-state index contributed by atoms with van der Waals surface area (Å²) >= 11 is 1.82. The van der Waals surface area contributed by atoms with Crippen molar-refractivity contribution in [2.75, 3.05) is 0 Å². The van der Waals surface area contributed by atoms with Crippen molar-refractivity contribution >= 4 is 32.4 Å². The monoisotopic (exact) mass is 314 g/mol. The highest BCUT2D eigenvalue weighted by molar-refractivity contribution is 14.1. The molecule has 0 saturated carbocycles. The highest BCUT2D eigenvalue weighted by Crippen LogP contribution is 2.19. The summed E-state index contributed by atoms with van der Waals surface area (Å²) in [5.74, 6) is -0.430. The van der Waals surface area contributed by atoms with Gasteiger partial charge in [-0.15, -0.1) is 0 Å². The maximum absolute atomic E-state index is 12.5. The Balaban J connectivity index is 3.17. The standard InChI is InChI=1S/C8H8FIO2S/c1-6(10)13(11,12)8-4-2-7(9)3-5-8/h2-6H,1H3. The lowest BCUT2D eigenvalue weighted by molar-refractivity contribution is 0.594. The molecule has 0 aromatic heterocycles. The van der Waals surface area contributed by atoms with E-state index in [-0.39, 0.29) is 4.90 Å². The average Bonchev–Trinajstić information content (AvgIpc) is 2.04. The molecule has 1 atom stereocenters. The number of sulfone groups is 1. The van der Waals surface area contributed by atoms with Gasteiger partial charge in [0.15, 0.2) is 9.84 Å². The molecule has 5 heteroatoms. The summed E-state index contributed by atoms with van der Waals surface area (Å²) in [6.45, 7) is 1.58. The molecular weight excluding hydrogens is 306 g/mol. The van der Waals surface area contributed by atoms with Gasteiger partial charge in [0.05, 0.1) is 4.90 Å². The van der Waals surface area contributed by atoms with Crippen LogP contribution in [0.4, 0.5) is 4.39 Å². The van der Waals surface area contributed by atoms with E-state index in [1.54, 1.807) is 6.92 Å². The molecular formula is C8H8FIO2S. The van der Waals surface area contributed by atoms with Crippen molar-refractivity contribution in [1.29, 1.82) is 0 Å². The summed E-state index contributed by atoms with van der Waals surface area (Å²) in [5.41, 5.74) is 0. The molecule has 1 unspecified atom stereocenters. The predicted octanol–water partition coefficient (Wildman–Crippen LogP) is 2.38. The van der Waals surface area contributed by atoms with Crippen LogP contribution in [0.25, 0.3) is 0 Å². The van der Waals surface area contributed by atoms with Gasteiger partial charge >= 0.3 is 0 Å². The summed E-state index contributed by atoms with van der Waals surface area (Å²) in [6.07, 6.45) is 0. The van der Waals surface area contributed by atoms with E-state index in [4.69, 9.17) is 0 Å². The summed E-state index contributed by atoms with van der Waals surface area (Å²) in [7, 11) is -3.27. The second kappa shape index (κ2) is 3.91. The molecule has 0 heterocycles. The van der Waals surface area contributed by atoms with Crippen molar-refractivity contribution in [3.8, 4) is 0 Å². The van der Waals surface area contributed by atoms with Crippen LogP contribution in [0.1, 0.15) is 6.92 Å². The van der Waals surface area contributed by atoms with Crippen LogP contribution in [0.2, 0.25) is 0 Å². The molecule has 0 amide bonds. The second-order valence-electron chi connectivity index (χ2n) is 2.54. The number of benzene rings is 1.